The first-order chi connectivity index (χ1) is 6.27. The topological polar surface area (TPSA) is 50.4 Å². The Bertz CT molecular complexity index is 308. The third-order valence-corrected chi connectivity index (χ3v) is 1.76. The zero-order chi connectivity index (χ0) is 9.26. The molecule has 1 aromatic heterocycles. The molecule has 13 heavy (non-hydrogen) atoms. The molecule has 1 saturated carbocycles. The first kappa shape index (κ1) is 8.35. The smallest absolute Gasteiger partial charge is 0.371 e. The quantitative estimate of drug-likeness (QED) is 0.744. The van der Waals surface area contributed by atoms with Crippen LogP contribution < -0.4 is 0 Å². The summed E-state index contributed by atoms with van der Waals surface area (Å²) in [6.07, 6.45) is 7.48. The van der Waals surface area contributed by atoms with Crippen LogP contribution in [-0.4, -0.2) is 11.1 Å². The highest BCUT2D eigenvalue weighted by atomic mass is 16.4. The number of aromatic carboxylic acids is 1. The van der Waals surface area contributed by atoms with Crippen LogP contribution in [0, 0.1) is 31.6 Å². The Kier molecular flexibility index (Phi) is 2.08. The molecular weight excluding hydrogens is 168 g/mol. The van der Waals surface area contributed by atoms with E-state index in [1.807, 2.05) is 25.7 Å². The van der Waals surface area contributed by atoms with Crippen LogP contribution >= 0.6 is 0 Å². The maximum Gasteiger partial charge on any atom is 0.371 e. The molecule has 65 valence electrons. The Labute approximate surface area is 76.4 Å². The maximum atomic E-state index is 10.5. The molecule has 5 radical (unpaired) electrons. The fourth-order valence-corrected chi connectivity index (χ4v) is 1.15. The summed E-state index contributed by atoms with van der Waals surface area (Å²) in [5.41, 5.74) is 0. The van der Waals surface area contributed by atoms with Crippen LogP contribution in [0.5, 0.6) is 0 Å². The molecule has 1 heterocycles. The van der Waals surface area contributed by atoms with Crippen molar-refractivity contribution in [3.8, 4) is 0 Å². The minimum atomic E-state index is -1.04. The second-order valence-corrected chi connectivity index (χ2v) is 2.64. The Morgan fingerprint density at radius 3 is 2.46 bits per heavy atom. The highest BCUT2D eigenvalue weighted by Crippen LogP contribution is 2.30. The highest BCUT2D eigenvalue weighted by molar-refractivity contribution is 5.84. The van der Waals surface area contributed by atoms with Crippen LogP contribution in [0.4, 0.5) is 0 Å². The molecular formula is C10H7O3. The van der Waals surface area contributed by atoms with Gasteiger partial charge in [0.25, 0.3) is 0 Å². The number of carboxylic acids is 1. The van der Waals surface area contributed by atoms with E-state index in [0.717, 1.165) is 5.92 Å². The number of hydrogen-bond acceptors (Lipinski definition) is 2. The zero-order valence-electron chi connectivity index (χ0n) is 6.73. The molecule has 0 atom stereocenters. The van der Waals surface area contributed by atoms with Crippen molar-refractivity contribution in [3.05, 3.63) is 55.3 Å². The molecule has 0 amide bonds. The van der Waals surface area contributed by atoms with E-state index in [-0.39, 0.29) is 5.76 Å². The van der Waals surface area contributed by atoms with Gasteiger partial charge in [-0.05, 0) is 37.8 Å². The number of carboxylic acid groups (broad SMARTS) is 1. The van der Waals surface area contributed by atoms with Crippen molar-refractivity contribution in [2.75, 3.05) is 0 Å². The van der Waals surface area contributed by atoms with Gasteiger partial charge in [-0.1, -0.05) is 0 Å². The van der Waals surface area contributed by atoms with E-state index in [1.165, 1.54) is 6.07 Å². The number of rotatable bonds is 2. The third-order valence-electron chi connectivity index (χ3n) is 1.76. The lowest BCUT2D eigenvalue weighted by molar-refractivity contribution is 0.0661. The molecule has 0 bridgehead atoms. The Hall–Kier alpha value is -1.25. The van der Waals surface area contributed by atoms with Gasteiger partial charge in [-0.3, -0.25) is 0 Å². The predicted octanol–water partition coefficient (Wildman–Crippen LogP) is 1.73. The van der Waals surface area contributed by atoms with Crippen molar-refractivity contribution in [3.63, 3.8) is 0 Å². The number of carbonyl (C=O) groups is 1. The molecule has 0 aliphatic heterocycles. The fourth-order valence-electron chi connectivity index (χ4n) is 1.15. The molecule has 3 nitrogen and oxygen atoms in total. The van der Waals surface area contributed by atoms with E-state index in [0.29, 0.717) is 5.76 Å². The van der Waals surface area contributed by atoms with E-state index in [9.17, 15) is 4.79 Å². The van der Waals surface area contributed by atoms with Crippen LogP contribution in [0.2, 0.25) is 0 Å². The Morgan fingerprint density at radius 2 is 1.92 bits per heavy atom. The normalized spacial score (nSPS) is 17.8. The average molecular weight is 175 g/mol. The molecule has 0 saturated heterocycles. The van der Waals surface area contributed by atoms with Gasteiger partial charge in [0.2, 0.25) is 5.76 Å². The molecule has 1 aliphatic carbocycles. The average Bonchev–Trinajstić information content (AvgIpc) is 2.75. The molecule has 1 fully saturated rings. The highest BCUT2D eigenvalue weighted by Gasteiger charge is 2.23. The van der Waals surface area contributed by atoms with Gasteiger partial charge < -0.3 is 9.52 Å². The third kappa shape index (κ3) is 1.59. The Morgan fingerprint density at radius 1 is 1.23 bits per heavy atom. The Balaban J connectivity index is 2.16. The summed E-state index contributed by atoms with van der Waals surface area (Å²) in [5.74, 6) is 0.406. The van der Waals surface area contributed by atoms with Gasteiger partial charge >= 0.3 is 5.97 Å². The summed E-state index contributed by atoms with van der Waals surface area (Å²) in [6, 6.07) is 3.10. The first-order valence-corrected chi connectivity index (χ1v) is 3.82. The van der Waals surface area contributed by atoms with Crippen LogP contribution in [-0.2, 0) is 0 Å². The van der Waals surface area contributed by atoms with Gasteiger partial charge in [0.1, 0.15) is 5.76 Å². The maximum absolute atomic E-state index is 10.5. The first-order valence-electron chi connectivity index (χ1n) is 3.82. The summed E-state index contributed by atoms with van der Waals surface area (Å²) in [5, 5.41) is 8.60. The second-order valence-electron chi connectivity index (χ2n) is 2.64. The van der Waals surface area contributed by atoms with E-state index in [2.05, 4.69) is 0 Å². The summed E-state index contributed by atoms with van der Waals surface area (Å²) >= 11 is 0. The largest absolute Gasteiger partial charge is 0.475 e. The molecule has 2 rings (SSSR count). The SMILES string of the molecule is O=C(O)c1ccc([C]2[CH][CH][CH][CH]2)o1. The molecule has 0 spiro atoms. The van der Waals surface area contributed by atoms with E-state index in [1.54, 1.807) is 6.07 Å². The summed E-state index contributed by atoms with van der Waals surface area (Å²) in [6.45, 7) is 0. The fraction of sp³-hybridized carbons (Fsp3) is 0. The van der Waals surface area contributed by atoms with Crippen molar-refractivity contribution < 1.29 is 14.3 Å². The van der Waals surface area contributed by atoms with Crippen LogP contribution in [0.25, 0.3) is 0 Å². The van der Waals surface area contributed by atoms with Gasteiger partial charge in [-0.15, -0.1) is 0 Å². The summed E-state index contributed by atoms with van der Waals surface area (Å²) < 4.78 is 5.09. The standard InChI is InChI=1S/C10H7O3/c11-10(12)9-6-5-8(13-9)7-3-1-2-4-7/h1-6H,(H,11,12). The van der Waals surface area contributed by atoms with Crippen molar-refractivity contribution in [2.45, 2.75) is 0 Å². The lowest BCUT2D eigenvalue weighted by atomic mass is 10.1. The summed E-state index contributed by atoms with van der Waals surface area (Å²) in [7, 11) is 0. The lowest BCUT2D eigenvalue weighted by Gasteiger charge is -2.01. The predicted molar refractivity (Wildman–Crippen MR) is 45.2 cm³/mol. The van der Waals surface area contributed by atoms with E-state index in [4.69, 9.17) is 9.52 Å². The minimum Gasteiger partial charge on any atom is -0.475 e. The molecule has 3 heteroatoms. The van der Waals surface area contributed by atoms with Crippen LogP contribution in [0.15, 0.2) is 16.5 Å². The van der Waals surface area contributed by atoms with Crippen molar-refractivity contribution in [1.82, 2.24) is 0 Å². The summed E-state index contributed by atoms with van der Waals surface area (Å²) in [4.78, 5) is 10.5. The van der Waals surface area contributed by atoms with Crippen molar-refractivity contribution in [2.24, 2.45) is 0 Å². The molecule has 1 aromatic rings. The number of furan rings is 1. The van der Waals surface area contributed by atoms with Crippen molar-refractivity contribution >= 4 is 5.97 Å². The number of hydrogen-bond donors (Lipinski definition) is 1. The minimum absolute atomic E-state index is 0.0313. The van der Waals surface area contributed by atoms with Gasteiger partial charge in [-0.25, -0.2) is 4.79 Å². The van der Waals surface area contributed by atoms with Crippen LogP contribution in [0.3, 0.4) is 0 Å². The molecule has 1 aliphatic rings. The second kappa shape index (κ2) is 3.24. The monoisotopic (exact) mass is 175 g/mol. The zero-order valence-corrected chi connectivity index (χ0v) is 6.73. The van der Waals surface area contributed by atoms with Crippen molar-refractivity contribution in [1.29, 1.82) is 0 Å². The van der Waals surface area contributed by atoms with Gasteiger partial charge in [0.05, 0.1) is 0 Å². The molecule has 1 N–H and O–H groups in total. The van der Waals surface area contributed by atoms with E-state index < -0.39 is 5.97 Å². The molecule has 0 aromatic carbocycles. The lowest BCUT2D eigenvalue weighted by Crippen LogP contribution is -1.94. The van der Waals surface area contributed by atoms with Gasteiger partial charge in [0.15, 0.2) is 0 Å². The van der Waals surface area contributed by atoms with Gasteiger partial charge in [0, 0.05) is 5.92 Å². The van der Waals surface area contributed by atoms with Crippen LogP contribution in [0.1, 0.15) is 16.3 Å². The molecule has 0 unspecified atom stereocenters. The van der Waals surface area contributed by atoms with Gasteiger partial charge in [-0.2, -0.15) is 0 Å². The van der Waals surface area contributed by atoms with E-state index >= 15 is 0 Å².